The summed E-state index contributed by atoms with van der Waals surface area (Å²) in [5, 5.41) is 15.0. The van der Waals surface area contributed by atoms with Crippen molar-refractivity contribution in [2.75, 3.05) is 5.32 Å². The second-order valence-corrected chi connectivity index (χ2v) is 6.26. The Kier molecular flexibility index (Phi) is 4.64. The van der Waals surface area contributed by atoms with E-state index >= 15 is 0 Å². The number of thiazole rings is 1. The van der Waals surface area contributed by atoms with Gasteiger partial charge < -0.3 is 10.4 Å². The standard InChI is InChI=1S/C13H14ClN3O3S/c1-6(2)10(11(18)19)16-12(20)17-13-15-8-4-3-7(14)5-9(8)21-13/h3-6,10H,1-2H3,(H,18,19)(H2,15,16,17,20)/t10-/m0/s1. The first-order valence-corrected chi connectivity index (χ1v) is 7.42. The van der Waals surface area contributed by atoms with Crippen LogP contribution in [-0.2, 0) is 4.79 Å². The number of benzene rings is 1. The van der Waals surface area contributed by atoms with Gasteiger partial charge in [-0.05, 0) is 24.1 Å². The third kappa shape index (κ3) is 3.83. The van der Waals surface area contributed by atoms with Crippen molar-refractivity contribution in [3.8, 4) is 0 Å². The number of fused-ring (bicyclic) bond motifs is 1. The first-order chi connectivity index (χ1) is 9.86. The van der Waals surface area contributed by atoms with Gasteiger partial charge in [0.2, 0.25) is 0 Å². The number of hydrogen-bond donors (Lipinski definition) is 3. The van der Waals surface area contributed by atoms with Crippen molar-refractivity contribution in [3.63, 3.8) is 0 Å². The van der Waals surface area contributed by atoms with Gasteiger partial charge in [0.1, 0.15) is 6.04 Å². The van der Waals surface area contributed by atoms with Gasteiger partial charge in [0, 0.05) is 5.02 Å². The number of halogens is 1. The molecule has 3 N–H and O–H groups in total. The Morgan fingerprint density at radius 2 is 2.10 bits per heavy atom. The summed E-state index contributed by atoms with van der Waals surface area (Å²) in [5.74, 6) is -1.29. The zero-order valence-corrected chi connectivity index (χ0v) is 13.0. The van der Waals surface area contributed by atoms with Crippen molar-refractivity contribution in [1.29, 1.82) is 0 Å². The molecule has 0 bridgehead atoms. The molecule has 6 nitrogen and oxygen atoms in total. The number of carboxylic acid groups (broad SMARTS) is 1. The number of carbonyl (C=O) groups is 2. The van der Waals surface area contributed by atoms with Crippen molar-refractivity contribution >= 4 is 50.3 Å². The second-order valence-electron chi connectivity index (χ2n) is 4.79. The summed E-state index contributed by atoms with van der Waals surface area (Å²) < 4.78 is 0.844. The van der Waals surface area contributed by atoms with E-state index in [1.807, 2.05) is 0 Å². The topological polar surface area (TPSA) is 91.3 Å². The van der Waals surface area contributed by atoms with Crippen LogP contribution in [0.5, 0.6) is 0 Å². The third-order valence-corrected chi connectivity index (χ3v) is 3.96. The van der Waals surface area contributed by atoms with Gasteiger partial charge in [0.15, 0.2) is 5.13 Å². The number of anilines is 1. The molecule has 0 aliphatic rings. The SMILES string of the molecule is CC(C)[C@H](NC(=O)Nc1nc2ccc(Cl)cc2s1)C(=O)O. The Labute approximate surface area is 130 Å². The minimum Gasteiger partial charge on any atom is -0.480 e. The molecule has 2 amide bonds. The van der Waals surface area contributed by atoms with E-state index in [0.29, 0.717) is 10.2 Å². The molecule has 2 rings (SSSR count). The molecule has 0 aliphatic carbocycles. The van der Waals surface area contributed by atoms with Crippen LogP contribution in [0.4, 0.5) is 9.93 Å². The van der Waals surface area contributed by atoms with Crippen LogP contribution in [0.1, 0.15) is 13.8 Å². The van der Waals surface area contributed by atoms with Gasteiger partial charge >= 0.3 is 12.0 Å². The molecule has 0 unspecified atom stereocenters. The lowest BCUT2D eigenvalue weighted by Crippen LogP contribution is -2.46. The highest BCUT2D eigenvalue weighted by Gasteiger charge is 2.23. The minimum absolute atomic E-state index is 0.220. The lowest BCUT2D eigenvalue weighted by Gasteiger charge is -2.17. The maximum atomic E-state index is 11.8. The molecular weight excluding hydrogens is 314 g/mol. The molecule has 0 radical (unpaired) electrons. The molecule has 0 fully saturated rings. The van der Waals surface area contributed by atoms with Crippen LogP contribution < -0.4 is 10.6 Å². The largest absolute Gasteiger partial charge is 0.480 e. The number of amides is 2. The monoisotopic (exact) mass is 327 g/mol. The van der Waals surface area contributed by atoms with Gasteiger partial charge in [-0.15, -0.1) is 0 Å². The molecule has 0 spiro atoms. The fourth-order valence-electron chi connectivity index (χ4n) is 1.74. The van der Waals surface area contributed by atoms with Crippen LogP contribution in [0.25, 0.3) is 10.2 Å². The molecule has 1 aromatic carbocycles. The Balaban J connectivity index is 2.09. The van der Waals surface area contributed by atoms with E-state index in [1.165, 1.54) is 11.3 Å². The molecule has 0 saturated heterocycles. The quantitative estimate of drug-likeness (QED) is 0.804. The highest BCUT2D eigenvalue weighted by Crippen LogP contribution is 2.28. The molecule has 112 valence electrons. The number of hydrogen-bond acceptors (Lipinski definition) is 4. The highest BCUT2D eigenvalue weighted by molar-refractivity contribution is 7.22. The predicted molar refractivity (Wildman–Crippen MR) is 83.0 cm³/mol. The molecule has 8 heteroatoms. The first kappa shape index (κ1) is 15.5. The number of nitrogens with zero attached hydrogens (tertiary/aromatic N) is 1. The highest BCUT2D eigenvalue weighted by atomic mass is 35.5. The summed E-state index contributed by atoms with van der Waals surface area (Å²) in [4.78, 5) is 27.1. The van der Waals surface area contributed by atoms with Crippen LogP contribution in [0.3, 0.4) is 0 Å². The number of carbonyl (C=O) groups excluding carboxylic acids is 1. The Bertz CT molecular complexity index is 686. The number of urea groups is 1. The summed E-state index contributed by atoms with van der Waals surface area (Å²) in [6.45, 7) is 3.44. The van der Waals surface area contributed by atoms with E-state index < -0.39 is 18.0 Å². The molecule has 1 aromatic heterocycles. The van der Waals surface area contributed by atoms with Crippen molar-refractivity contribution in [2.45, 2.75) is 19.9 Å². The van der Waals surface area contributed by atoms with Gasteiger partial charge in [-0.2, -0.15) is 0 Å². The summed E-state index contributed by atoms with van der Waals surface area (Å²) in [5.41, 5.74) is 0.721. The van der Waals surface area contributed by atoms with Crippen LogP contribution in [0, 0.1) is 5.92 Å². The summed E-state index contributed by atoms with van der Waals surface area (Å²) >= 11 is 7.15. The van der Waals surface area contributed by atoms with E-state index in [9.17, 15) is 9.59 Å². The fraction of sp³-hybridized carbons (Fsp3) is 0.308. The fourth-order valence-corrected chi connectivity index (χ4v) is 2.88. The van der Waals surface area contributed by atoms with Gasteiger partial charge in [-0.3, -0.25) is 5.32 Å². The van der Waals surface area contributed by atoms with E-state index in [-0.39, 0.29) is 5.92 Å². The molecular formula is C13H14ClN3O3S. The average molecular weight is 328 g/mol. The third-order valence-electron chi connectivity index (χ3n) is 2.79. The molecule has 0 aliphatic heterocycles. The summed E-state index contributed by atoms with van der Waals surface area (Å²) in [7, 11) is 0. The smallest absolute Gasteiger partial charge is 0.326 e. The van der Waals surface area contributed by atoms with E-state index in [0.717, 1.165) is 10.2 Å². The molecule has 1 atom stereocenters. The Morgan fingerprint density at radius 3 is 2.71 bits per heavy atom. The maximum absolute atomic E-state index is 11.8. The number of carboxylic acids is 1. The lowest BCUT2D eigenvalue weighted by molar-refractivity contribution is -0.140. The zero-order valence-electron chi connectivity index (χ0n) is 11.4. The van der Waals surface area contributed by atoms with Crippen molar-refractivity contribution in [3.05, 3.63) is 23.2 Å². The molecule has 1 heterocycles. The lowest BCUT2D eigenvalue weighted by atomic mass is 10.1. The molecule has 21 heavy (non-hydrogen) atoms. The van der Waals surface area contributed by atoms with Crippen molar-refractivity contribution in [2.24, 2.45) is 5.92 Å². The minimum atomic E-state index is -1.07. The first-order valence-electron chi connectivity index (χ1n) is 6.23. The maximum Gasteiger partial charge on any atom is 0.326 e. The van der Waals surface area contributed by atoms with Gasteiger partial charge in [-0.1, -0.05) is 36.8 Å². The molecule has 2 aromatic rings. The summed E-state index contributed by atoms with van der Waals surface area (Å²) in [6, 6.07) is 3.68. The average Bonchev–Trinajstić information content (AvgIpc) is 2.76. The van der Waals surface area contributed by atoms with Crippen LogP contribution in [0.2, 0.25) is 5.02 Å². The van der Waals surface area contributed by atoms with Crippen molar-refractivity contribution < 1.29 is 14.7 Å². The summed E-state index contributed by atoms with van der Waals surface area (Å²) in [6.07, 6.45) is 0. The van der Waals surface area contributed by atoms with Crippen molar-refractivity contribution in [1.82, 2.24) is 10.3 Å². The van der Waals surface area contributed by atoms with Crippen LogP contribution >= 0.6 is 22.9 Å². The Morgan fingerprint density at radius 1 is 1.38 bits per heavy atom. The predicted octanol–water partition coefficient (Wildman–Crippen LogP) is 3.18. The second kappa shape index (κ2) is 6.28. The molecule has 0 saturated carbocycles. The van der Waals surface area contributed by atoms with Gasteiger partial charge in [0.05, 0.1) is 10.2 Å². The van der Waals surface area contributed by atoms with E-state index in [2.05, 4.69) is 15.6 Å². The van der Waals surface area contributed by atoms with E-state index in [4.69, 9.17) is 16.7 Å². The normalized spacial score (nSPS) is 12.4. The van der Waals surface area contributed by atoms with Crippen LogP contribution in [-0.4, -0.2) is 28.1 Å². The van der Waals surface area contributed by atoms with Gasteiger partial charge in [0.25, 0.3) is 0 Å². The van der Waals surface area contributed by atoms with E-state index in [1.54, 1.807) is 32.0 Å². The number of nitrogens with one attached hydrogen (secondary N) is 2. The van der Waals surface area contributed by atoms with Gasteiger partial charge in [-0.25, -0.2) is 14.6 Å². The van der Waals surface area contributed by atoms with Crippen LogP contribution in [0.15, 0.2) is 18.2 Å². The number of rotatable bonds is 4. The zero-order chi connectivity index (χ0) is 15.6. The number of aromatic nitrogens is 1. The number of aliphatic carboxylic acids is 1. The Hall–Kier alpha value is -1.86.